The minimum absolute atomic E-state index is 0.990. The maximum atomic E-state index is 3.26. The van der Waals surface area contributed by atoms with Crippen LogP contribution in [0, 0.1) is 6.08 Å². The zero-order chi connectivity index (χ0) is 8.49. The Morgan fingerprint density at radius 2 is 1.50 bits per heavy atom. The van der Waals surface area contributed by atoms with Gasteiger partial charge in [0.25, 0.3) is 0 Å². The van der Waals surface area contributed by atoms with Gasteiger partial charge in [-0.1, -0.05) is 30.4 Å². The minimum atomic E-state index is 0.990. The molecule has 0 heterocycles. The van der Waals surface area contributed by atoms with E-state index in [1.165, 1.54) is 25.7 Å². The van der Waals surface area contributed by atoms with E-state index in [2.05, 4.69) is 36.5 Å². The first-order valence-corrected chi connectivity index (χ1v) is 4.85. The SMILES string of the molecule is [C]1=C\CC/C=C\CCC/C=C\C/1. The standard InChI is InChI=1S/C12H17/c1-2-4-6-8-10-12-11-9-7-5-3-1/h1-2,7,10,12H,3-6,8,11H2/b2-1-,9-7?,12-10-. The highest BCUT2D eigenvalue weighted by Crippen LogP contribution is 2.02. The van der Waals surface area contributed by atoms with Gasteiger partial charge in [-0.25, -0.2) is 0 Å². The molecule has 0 unspecified atom stereocenters. The van der Waals surface area contributed by atoms with Gasteiger partial charge in [0.2, 0.25) is 0 Å². The van der Waals surface area contributed by atoms with Crippen LogP contribution in [0.25, 0.3) is 0 Å². The quantitative estimate of drug-likeness (QED) is 0.474. The van der Waals surface area contributed by atoms with Crippen molar-refractivity contribution in [2.75, 3.05) is 0 Å². The summed E-state index contributed by atoms with van der Waals surface area (Å²) in [6, 6.07) is 0. The van der Waals surface area contributed by atoms with E-state index in [1.54, 1.807) is 0 Å². The Kier molecular flexibility index (Phi) is 5.35. The van der Waals surface area contributed by atoms with E-state index in [1.807, 2.05) is 0 Å². The molecule has 1 radical (unpaired) electrons. The molecule has 0 aromatic carbocycles. The second-order valence-electron chi connectivity index (χ2n) is 3.06. The first-order chi connectivity index (χ1) is 6.00. The van der Waals surface area contributed by atoms with Gasteiger partial charge in [-0.3, -0.25) is 0 Å². The predicted molar refractivity (Wildman–Crippen MR) is 53.8 cm³/mol. The van der Waals surface area contributed by atoms with Crippen LogP contribution in [0.2, 0.25) is 0 Å². The molecule has 0 fully saturated rings. The van der Waals surface area contributed by atoms with E-state index in [9.17, 15) is 0 Å². The summed E-state index contributed by atoms with van der Waals surface area (Å²) >= 11 is 0. The molecule has 0 atom stereocenters. The topological polar surface area (TPSA) is 0 Å². The summed E-state index contributed by atoms with van der Waals surface area (Å²) in [6.45, 7) is 0. The summed E-state index contributed by atoms with van der Waals surface area (Å²) in [7, 11) is 0. The molecule has 0 bridgehead atoms. The fraction of sp³-hybridized carbons (Fsp3) is 0.500. The summed E-state index contributed by atoms with van der Waals surface area (Å²) < 4.78 is 0. The van der Waals surface area contributed by atoms with Crippen LogP contribution in [0.5, 0.6) is 0 Å². The van der Waals surface area contributed by atoms with Gasteiger partial charge in [0.15, 0.2) is 0 Å². The minimum Gasteiger partial charge on any atom is -0.0885 e. The molecule has 0 aromatic rings. The monoisotopic (exact) mass is 161 g/mol. The Morgan fingerprint density at radius 3 is 2.42 bits per heavy atom. The molecule has 0 saturated carbocycles. The number of hydrogen-bond donors (Lipinski definition) is 0. The number of allylic oxidation sites excluding steroid dienone is 6. The van der Waals surface area contributed by atoms with Gasteiger partial charge in [0.05, 0.1) is 0 Å². The number of rotatable bonds is 0. The van der Waals surface area contributed by atoms with Crippen molar-refractivity contribution in [3.63, 3.8) is 0 Å². The summed E-state index contributed by atoms with van der Waals surface area (Å²) in [5.74, 6) is 0. The highest BCUT2D eigenvalue weighted by molar-refractivity contribution is 4.92. The maximum absolute atomic E-state index is 3.26. The Morgan fingerprint density at radius 1 is 0.750 bits per heavy atom. The molecule has 65 valence electrons. The average molecular weight is 161 g/mol. The summed E-state index contributed by atoms with van der Waals surface area (Å²) in [6.07, 6.45) is 21.5. The molecule has 12 heavy (non-hydrogen) atoms. The highest BCUT2D eigenvalue weighted by atomic mass is 13.9. The van der Waals surface area contributed by atoms with Crippen molar-refractivity contribution in [3.05, 3.63) is 36.5 Å². The average Bonchev–Trinajstić information content (AvgIpc) is 2.05. The van der Waals surface area contributed by atoms with Crippen LogP contribution in [-0.2, 0) is 0 Å². The molecular weight excluding hydrogens is 144 g/mol. The van der Waals surface area contributed by atoms with Crippen molar-refractivity contribution >= 4 is 0 Å². The Hall–Kier alpha value is -0.780. The molecule has 1 aliphatic carbocycles. The molecule has 1 aliphatic rings. The van der Waals surface area contributed by atoms with Crippen LogP contribution in [-0.4, -0.2) is 0 Å². The van der Waals surface area contributed by atoms with Crippen LogP contribution < -0.4 is 0 Å². The van der Waals surface area contributed by atoms with Gasteiger partial charge in [0.1, 0.15) is 0 Å². The predicted octanol–water partition coefficient (Wildman–Crippen LogP) is 3.81. The second-order valence-corrected chi connectivity index (χ2v) is 3.06. The fourth-order valence-electron chi connectivity index (χ4n) is 1.22. The van der Waals surface area contributed by atoms with Crippen LogP contribution in [0.15, 0.2) is 30.4 Å². The summed E-state index contributed by atoms with van der Waals surface area (Å²) in [5, 5.41) is 0. The Bertz CT molecular complexity index is 172. The first kappa shape index (κ1) is 9.31. The van der Waals surface area contributed by atoms with E-state index >= 15 is 0 Å². The molecule has 0 amide bonds. The van der Waals surface area contributed by atoms with Crippen molar-refractivity contribution < 1.29 is 0 Å². The number of hydrogen-bond acceptors (Lipinski definition) is 0. The Labute approximate surface area is 75.7 Å². The third kappa shape index (κ3) is 4.95. The van der Waals surface area contributed by atoms with Gasteiger partial charge in [-0.05, 0) is 44.6 Å². The van der Waals surface area contributed by atoms with Crippen LogP contribution in [0.4, 0.5) is 0 Å². The van der Waals surface area contributed by atoms with E-state index in [0.29, 0.717) is 0 Å². The molecule has 0 aliphatic heterocycles. The lowest BCUT2D eigenvalue weighted by Crippen LogP contribution is -1.72. The zero-order valence-electron chi connectivity index (χ0n) is 7.63. The molecule has 0 spiro atoms. The molecular formula is C12H17. The highest BCUT2D eigenvalue weighted by Gasteiger charge is 1.83. The first-order valence-electron chi connectivity index (χ1n) is 4.85. The lowest BCUT2D eigenvalue weighted by Gasteiger charge is -1.92. The molecule has 0 aromatic heterocycles. The van der Waals surface area contributed by atoms with Crippen molar-refractivity contribution in [2.45, 2.75) is 38.5 Å². The van der Waals surface area contributed by atoms with Crippen molar-refractivity contribution in [1.29, 1.82) is 0 Å². The molecule has 0 heteroatoms. The molecule has 0 saturated heterocycles. The van der Waals surface area contributed by atoms with Gasteiger partial charge in [-0.15, -0.1) is 0 Å². The third-order valence-electron chi connectivity index (χ3n) is 1.93. The summed E-state index contributed by atoms with van der Waals surface area (Å²) in [4.78, 5) is 0. The molecule has 1 rings (SSSR count). The maximum Gasteiger partial charge on any atom is -0.00979 e. The Balaban J connectivity index is 2.30. The third-order valence-corrected chi connectivity index (χ3v) is 1.93. The largest absolute Gasteiger partial charge is 0.0885 e. The van der Waals surface area contributed by atoms with Gasteiger partial charge in [-0.2, -0.15) is 0 Å². The van der Waals surface area contributed by atoms with E-state index in [0.717, 1.165) is 12.8 Å². The van der Waals surface area contributed by atoms with E-state index in [4.69, 9.17) is 0 Å². The second kappa shape index (κ2) is 6.90. The fourth-order valence-corrected chi connectivity index (χ4v) is 1.22. The zero-order valence-corrected chi connectivity index (χ0v) is 7.63. The summed E-state index contributed by atoms with van der Waals surface area (Å²) in [5.41, 5.74) is 0. The van der Waals surface area contributed by atoms with Crippen molar-refractivity contribution in [1.82, 2.24) is 0 Å². The van der Waals surface area contributed by atoms with E-state index < -0.39 is 0 Å². The van der Waals surface area contributed by atoms with Crippen LogP contribution >= 0.6 is 0 Å². The molecule has 0 nitrogen and oxygen atoms in total. The van der Waals surface area contributed by atoms with Crippen LogP contribution in [0.1, 0.15) is 38.5 Å². The molecule has 0 N–H and O–H groups in total. The normalized spacial score (nSPS) is 28.0. The van der Waals surface area contributed by atoms with Crippen molar-refractivity contribution in [2.24, 2.45) is 0 Å². The lowest BCUT2D eigenvalue weighted by molar-refractivity contribution is 0.858. The van der Waals surface area contributed by atoms with Gasteiger partial charge >= 0.3 is 0 Å². The van der Waals surface area contributed by atoms with E-state index in [-0.39, 0.29) is 0 Å². The van der Waals surface area contributed by atoms with Gasteiger partial charge < -0.3 is 0 Å². The van der Waals surface area contributed by atoms with Crippen molar-refractivity contribution in [3.8, 4) is 0 Å². The smallest absolute Gasteiger partial charge is 0.00979 e. The van der Waals surface area contributed by atoms with Crippen LogP contribution in [0.3, 0.4) is 0 Å². The lowest BCUT2D eigenvalue weighted by atomic mass is 10.1. The van der Waals surface area contributed by atoms with Gasteiger partial charge in [0, 0.05) is 0 Å².